The number of amides is 1. The summed E-state index contributed by atoms with van der Waals surface area (Å²) >= 11 is 1.65. The first-order chi connectivity index (χ1) is 15.3. The molecule has 1 amide bonds. The SMILES string of the molecule is CS(=O)(=O)CCCCCCCCCCCC(=O)Nc1ccccc1SCCCCC(=O)O. The Morgan fingerprint density at radius 3 is 2.03 bits per heavy atom. The van der Waals surface area contributed by atoms with E-state index in [1.807, 2.05) is 24.3 Å². The van der Waals surface area contributed by atoms with Crippen LogP contribution >= 0.6 is 11.8 Å². The molecule has 0 heterocycles. The number of benzene rings is 1. The number of carbonyl (C=O) groups is 2. The summed E-state index contributed by atoms with van der Waals surface area (Å²) in [6.45, 7) is 0. The first-order valence-corrected chi connectivity index (χ1v) is 14.7. The van der Waals surface area contributed by atoms with Gasteiger partial charge in [0.05, 0.1) is 5.69 Å². The second kappa shape index (κ2) is 17.0. The molecule has 0 saturated carbocycles. The predicted octanol–water partition coefficient (Wildman–Crippen LogP) is 5.92. The standard InChI is InChI=1S/C24H39NO5S2/c1-32(29,30)20-14-8-6-4-2-3-5-7-9-17-23(26)25-21-15-10-11-16-22(21)31-19-13-12-18-24(27)28/h10-11,15-16H,2-9,12-14,17-20H2,1H3,(H,25,26)(H,27,28). The van der Waals surface area contributed by atoms with E-state index in [1.165, 1.54) is 12.7 Å². The number of hydrogen-bond donors (Lipinski definition) is 2. The highest BCUT2D eigenvalue weighted by Gasteiger charge is 2.07. The molecule has 0 aliphatic heterocycles. The van der Waals surface area contributed by atoms with Gasteiger partial charge in [-0.25, -0.2) is 8.42 Å². The number of anilines is 1. The second-order valence-corrected chi connectivity index (χ2v) is 11.7. The lowest BCUT2D eigenvalue weighted by atomic mass is 10.1. The average Bonchev–Trinajstić information content (AvgIpc) is 2.72. The molecular weight excluding hydrogens is 446 g/mol. The molecule has 0 fully saturated rings. The van der Waals surface area contributed by atoms with Gasteiger partial charge >= 0.3 is 5.97 Å². The molecule has 2 N–H and O–H groups in total. The average molecular weight is 486 g/mol. The van der Waals surface area contributed by atoms with Gasteiger partial charge in [-0.05, 0) is 43.6 Å². The molecule has 0 saturated heterocycles. The minimum absolute atomic E-state index is 0.0369. The third-order valence-electron chi connectivity index (χ3n) is 5.12. The lowest BCUT2D eigenvalue weighted by Crippen LogP contribution is -2.11. The minimum Gasteiger partial charge on any atom is -0.481 e. The van der Waals surface area contributed by atoms with Crippen LogP contribution in [-0.2, 0) is 19.4 Å². The zero-order chi connectivity index (χ0) is 23.7. The molecule has 1 aromatic rings. The largest absolute Gasteiger partial charge is 0.481 e. The van der Waals surface area contributed by atoms with Crippen LogP contribution in [0.15, 0.2) is 29.2 Å². The molecule has 0 aromatic heterocycles. The van der Waals surface area contributed by atoms with Crippen molar-refractivity contribution in [1.29, 1.82) is 0 Å². The number of unbranched alkanes of at least 4 members (excludes halogenated alkanes) is 9. The van der Waals surface area contributed by atoms with E-state index in [2.05, 4.69) is 5.32 Å². The molecular formula is C24H39NO5S2. The van der Waals surface area contributed by atoms with Crippen molar-refractivity contribution in [1.82, 2.24) is 0 Å². The topological polar surface area (TPSA) is 101 Å². The van der Waals surface area contributed by atoms with E-state index in [0.29, 0.717) is 18.6 Å². The quantitative estimate of drug-likeness (QED) is 0.186. The zero-order valence-electron chi connectivity index (χ0n) is 19.3. The summed E-state index contributed by atoms with van der Waals surface area (Å²) in [6.07, 6.45) is 12.9. The number of para-hydroxylation sites is 1. The molecule has 182 valence electrons. The van der Waals surface area contributed by atoms with E-state index >= 15 is 0 Å². The highest BCUT2D eigenvalue weighted by atomic mass is 32.2. The Hall–Kier alpha value is -1.54. The molecule has 8 heteroatoms. The number of thioether (sulfide) groups is 1. The molecule has 0 atom stereocenters. The fourth-order valence-electron chi connectivity index (χ4n) is 3.36. The normalized spacial score (nSPS) is 11.4. The maximum atomic E-state index is 12.3. The Labute approximate surface area is 197 Å². The molecule has 0 unspecified atom stereocenters. The van der Waals surface area contributed by atoms with Gasteiger partial charge in [-0.2, -0.15) is 0 Å². The van der Waals surface area contributed by atoms with Crippen LogP contribution in [0.1, 0.15) is 83.5 Å². The Morgan fingerprint density at radius 1 is 0.844 bits per heavy atom. The molecule has 6 nitrogen and oxygen atoms in total. The summed E-state index contributed by atoms with van der Waals surface area (Å²) in [5, 5.41) is 11.7. The summed E-state index contributed by atoms with van der Waals surface area (Å²) in [5.41, 5.74) is 0.830. The third-order valence-corrected chi connectivity index (χ3v) is 7.31. The van der Waals surface area contributed by atoms with Gasteiger partial charge < -0.3 is 10.4 Å². The van der Waals surface area contributed by atoms with E-state index in [9.17, 15) is 18.0 Å². The molecule has 0 spiro atoms. The van der Waals surface area contributed by atoms with Gasteiger partial charge in [0, 0.05) is 29.7 Å². The number of carboxylic acids is 1. The first kappa shape index (κ1) is 28.5. The van der Waals surface area contributed by atoms with Crippen molar-refractivity contribution < 1.29 is 23.1 Å². The summed E-state index contributed by atoms with van der Waals surface area (Å²) < 4.78 is 22.1. The highest BCUT2D eigenvalue weighted by molar-refractivity contribution is 7.99. The van der Waals surface area contributed by atoms with E-state index in [4.69, 9.17) is 5.11 Å². The van der Waals surface area contributed by atoms with Crippen molar-refractivity contribution in [3.63, 3.8) is 0 Å². The maximum absolute atomic E-state index is 12.3. The van der Waals surface area contributed by atoms with Crippen LogP contribution in [0, 0.1) is 0 Å². The smallest absolute Gasteiger partial charge is 0.303 e. The van der Waals surface area contributed by atoms with Crippen molar-refractivity contribution in [3.05, 3.63) is 24.3 Å². The summed E-state index contributed by atoms with van der Waals surface area (Å²) in [7, 11) is -2.82. The zero-order valence-corrected chi connectivity index (χ0v) is 20.9. The lowest BCUT2D eigenvalue weighted by Gasteiger charge is -2.11. The van der Waals surface area contributed by atoms with Gasteiger partial charge in [-0.15, -0.1) is 11.8 Å². The Morgan fingerprint density at radius 2 is 1.41 bits per heavy atom. The Kier molecular flexibility index (Phi) is 15.1. The molecule has 1 rings (SSSR count). The summed E-state index contributed by atoms with van der Waals surface area (Å²) in [5.74, 6) is 0.405. The monoisotopic (exact) mass is 485 g/mol. The number of aliphatic carboxylic acids is 1. The van der Waals surface area contributed by atoms with Crippen molar-refractivity contribution in [2.75, 3.05) is 23.1 Å². The van der Waals surface area contributed by atoms with Crippen LogP contribution < -0.4 is 5.32 Å². The fourth-order valence-corrected chi connectivity index (χ4v) is 5.10. The van der Waals surface area contributed by atoms with Gasteiger partial charge in [-0.3, -0.25) is 9.59 Å². The van der Waals surface area contributed by atoms with Crippen molar-refractivity contribution in [2.45, 2.75) is 88.4 Å². The summed E-state index contributed by atoms with van der Waals surface area (Å²) in [4.78, 5) is 23.9. The minimum atomic E-state index is -2.82. The number of sulfone groups is 1. The van der Waals surface area contributed by atoms with Crippen molar-refractivity contribution >= 4 is 39.2 Å². The molecule has 0 aliphatic carbocycles. The van der Waals surface area contributed by atoms with Gasteiger partial charge in [0.2, 0.25) is 5.91 Å². The van der Waals surface area contributed by atoms with Crippen LogP contribution in [0.25, 0.3) is 0 Å². The molecule has 0 radical (unpaired) electrons. The molecule has 32 heavy (non-hydrogen) atoms. The van der Waals surface area contributed by atoms with Crippen LogP contribution in [0.2, 0.25) is 0 Å². The number of rotatable bonds is 19. The van der Waals surface area contributed by atoms with Crippen LogP contribution in [0.3, 0.4) is 0 Å². The fraction of sp³-hybridized carbons (Fsp3) is 0.667. The van der Waals surface area contributed by atoms with Crippen LogP contribution in [0.5, 0.6) is 0 Å². The number of carbonyl (C=O) groups excluding carboxylic acids is 1. The molecule has 0 aliphatic rings. The third kappa shape index (κ3) is 16.1. The Bertz CT molecular complexity index is 780. The highest BCUT2D eigenvalue weighted by Crippen LogP contribution is 2.28. The molecule has 1 aromatic carbocycles. The summed E-state index contributed by atoms with van der Waals surface area (Å²) in [6, 6.07) is 7.75. The van der Waals surface area contributed by atoms with Gasteiger partial charge in [0.15, 0.2) is 0 Å². The van der Waals surface area contributed by atoms with Crippen LogP contribution in [-0.4, -0.2) is 43.2 Å². The van der Waals surface area contributed by atoms with Gasteiger partial charge in [0.1, 0.15) is 9.84 Å². The van der Waals surface area contributed by atoms with Crippen molar-refractivity contribution in [2.24, 2.45) is 0 Å². The maximum Gasteiger partial charge on any atom is 0.303 e. The molecule has 0 bridgehead atoms. The van der Waals surface area contributed by atoms with E-state index in [1.54, 1.807) is 11.8 Å². The van der Waals surface area contributed by atoms with Gasteiger partial charge in [-0.1, -0.05) is 57.1 Å². The first-order valence-electron chi connectivity index (χ1n) is 11.7. The number of hydrogen-bond acceptors (Lipinski definition) is 5. The van der Waals surface area contributed by atoms with Crippen molar-refractivity contribution in [3.8, 4) is 0 Å². The lowest BCUT2D eigenvalue weighted by molar-refractivity contribution is -0.137. The van der Waals surface area contributed by atoms with E-state index < -0.39 is 15.8 Å². The van der Waals surface area contributed by atoms with E-state index in [-0.39, 0.29) is 12.3 Å². The number of nitrogens with one attached hydrogen (secondary N) is 1. The Balaban J connectivity index is 2.10. The van der Waals surface area contributed by atoms with E-state index in [0.717, 1.165) is 74.1 Å². The second-order valence-electron chi connectivity index (χ2n) is 8.31. The predicted molar refractivity (Wildman–Crippen MR) is 133 cm³/mol. The number of carboxylic acid groups (broad SMARTS) is 1. The van der Waals surface area contributed by atoms with Gasteiger partial charge in [0.25, 0.3) is 0 Å². The van der Waals surface area contributed by atoms with Crippen LogP contribution in [0.4, 0.5) is 5.69 Å².